The van der Waals surface area contributed by atoms with Crippen LogP contribution in [0.4, 0.5) is 0 Å². The van der Waals surface area contributed by atoms with Crippen LogP contribution < -0.4 is 5.73 Å². The minimum absolute atomic E-state index is 0.414. The van der Waals surface area contributed by atoms with Gasteiger partial charge in [0.15, 0.2) is 0 Å². The molecule has 3 heteroatoms. The molecule has 2 rings (SSSR count). The Morgan fingerprint density at radius 1 is 1.50 bits per heavy atom. The standard InChI is InChI=1S/C11H22N2O/c1-10-8-13(6-7-14-10)9-11(2-3-11)4-5-12/h10H,2-9,12H2,1H3. The van der Waals surface area contributed by atoms with E-state index in [-0.39, 0.29) is 0 Å². The van der Waals surface area contributed by atoms with Crippen LogP contribution in [0.1, 0.15) is 26.2 Å². The zero-order chi connectivity index (χ0) is 10.0. The fourth-order valence-electron chi connectivity index (χ4n) is 2.48. The molecular weight excluding hydrogens is 176 g/mol. The van der Waals surface area contributed by atoms with Gasteiger partial charge in [-0.2, -0.15) is 0 Å². The van der Waals surface area contributed by atoms with E-state index < -0.39 is 0 Å². The fourth-order valence-corrected chi connectivity index (χ4v) is 2.48. The first-order chi connectivity index (χ1) is 6.74. The van der Waals surface area contributed by atoms with Gasteiger partial charge in [0, 0.05) is 19.6 Å². The average Bonchev–Trinajstić information content (AvgIpc) is 2.85. The van der Waals surface area contributed by atoms with Crippen LogP contribution in [0.2, 0.25) is 0 Å². The molecule has 2 fully saturated rings. The van der Waals surface area contributed by atoms with Crippen LogP contribution in [-0.2, 0) is 4.74 Å². The van der Waals surface area contributed by atoms with Gasteiger partial charge in [0.2, 0.25) is 0 Å². The molecule has 3 nitrogen and oxygen atoms in total. The normalized spacial score (nSPS) is 31.7. The number of nitrogens with two attached hydrogens (primary N) is 1. The number of nitrogens with zero attached hydrogens (tertiary/aromatic N) is 1. The molecule has 1 aliphatic carbocycles. The van der Waals surface area contributed by atoms with Crippen LogP contribution in [0.3, 0.4) is 0 Å². The van der Waals surface area contributed by atoms with Crippen molar-refractivity contribution < 1.29 is 4.74 Å². The highest BCUT2D eigenvalue weighted by Gasteiger charge is 2.43. The highest BCUT2D eigenvalue weighted by atomic mass is 16.5. The molecule has 2 N–H and O–H groups in total. The smallest absolute Gasteiger partial charge is 0.0674 e. The topological polar surface area (TPSA) is 38.5 Å². The average molecular weight is 198 g/mol. The summed E-state index contributed by atoms with van der Waals surface area (Å²) in [6.07, 6.45) is 4.39. The molecule has 1 unspecified atom stereocenters. The van der Waals surface area contributed by atoms with Gasteiger partial charge in [-0.15, -0.1) is 0 Å². The number of morpholine rings is 1. The van der Waals surface area contributed by atoms with Gasteiger partial charge in [-0.05, 0) is 38.1 Å². The van der Waals surface area contributed by atoms with Crippen LogP contribution in [0, 0.1) is 5.41 Å². The monoisotopic (exact) mass is 198 g/mol. The second-order valence-electron chi connectivity index (χ2n) is 4.96. The SMILES string of the molecule is CC1CN(CC2(CCN)CC2)CCO1. The molecule has 0 amide bonds. The molecule has 0 aromatic carbocycles. The second kappa shape index (κ2) is 4.17. The number of ether oxygens (including phenoxy) is 1. The maximum absolute atomic E-state index is 5.64. The Kier molecular flexibility index (Phi) is 3.10. The minimum atomic E-state index is 0.414. The first-order valence-corrected chi connectivity index (χ1v) is 5.78. The first-order valence-electron chi connectivity index (χ1n) is 5.78. The van der Waals surface area contributed by atoms with E-state index in [0.29, 0.717) is 11.5 Å². The van der Waals surface area contributed by atoms with Gasteiger partial charge in [0.25, 0.3) is 0 Å². The van der Waals surface area contributed by atoms with Crippen LogP contribution in [0.15, 0.2) is 0 Å². The molecule has 14 heavy (non-hydrogen) atoms. The van der Waals surface area contributed by atoms with Crippen molar-refractivity contribution in [2.45, 2.75) is 32.3 Å². The zero-order valence-corrected chi connectivity index (χ0v) is 9.17. The Morgan fingerprint density at radius 3 is 2.86 bits per heavy atom. The number of hydrogen-bond acceptors (Lipinski definition) is 3. The van der Waals surface area contributed by atoms with Crippen molar-refractivity contribution in [1.82, 2.24) is 4.90 Å². The summed E-state index contributed by atoms with van der Waals surface area (Å²) in [7, 11) is 0. The van der Waals surface area contributed by atoms with E-state index in [0.717, 1.165) is 26.2 Å². The van der Waals surface area contributed by atoms with Crippen LogP contribution in [-0.4, -0.2) is 43.8 Å². The van der Waals surface area contributed by atoms with E-state index >= 15 is 0 Å². The van der Waals surface area contributed by atoms with E-state index in [1.165, 1.54) is 25.8 Å². The van der Waals surface area contributed by atoms with Crippen LogP contribution >= 0.6 is 0 Å². The summed E-state index contributed by atoms with van der Waals surface area (Å²) >= 11 is 0. The summed E-state index contributed by atoms with van der Waals surface area (Å²) in [5.74, 6) is 0. The lowest BCUT2D eigenvalue weighted by Crippen LogP contribution is -2.44. The lowest BCUT2D eigenvalue weighted by Gasteiger charge is -2.33. The molecule has 2 aliphatic rings. The van der Waals surface area contributed by atoms with Crippen molar-refractivity contribution in [1.29, 1.82) is 0 Å². The molecule has 1 saturated heterocycles. The summed E-state index contributed by atoms with van der Waals surface area (Å²) in [5, 5.41) is 0. The van der Waals surface area contributed by atoms with E-state index in [2.05, 4.69) is 11.8 Å². The molecule has 82 valence electrons. The third-order valence-corrected chi connectivity index (χ3v) is 3.52. The minimum Gasteiger partial charge on any atom is -0.376 e. The Labute approximate surface area is 86.6 Å². The number of hydrogen-bond donors (Lipinski definition) is 1. The van der Waals surface area contributed by atoms with Crippen LogP contribution in [0.25, 0.3) is 0 Å². The van der Waals surface area contributed by atoms with Crippen molar-refractivity contribution in [3.8, 4) is 0 Å². The molecule has 1 aliphatic heterocycles. The Bertz CT molecular complexity index is 192. The predicted molar refractivity (Wildman–Crippen MR) is 57.2 cm³/mol. The van der Waals surface area contributed by atoms with Crippen molar-refractivity contribution in [2.24, 2.45) is 11.1 Å². The van der Waals surface area contributed by atoms with Gasteiger partial charge >= 0.3 is 0 Å². The third-order valence-electron chi connectivity index (χ3n) is 3.52. The van der Waals surface area contributed by atoms with Gasteiger partial charge in [-0.3, -0.25) is 4.90 Å². The largest absolute Gasteiger partial charge is 0.376 e. The maximum atomic E-state index is 5.64. The van der Waals surface area contributed by atoms with Crippen LogP contribution in [0.5, 0.6) is 0 Å². The summed E-state index contributed by atoms with van der Waals surface area (Å²) < 4.78 is 5.54. The molecule has 0 aromatic heterocycles. The summed E-state index contributed by atoms with van der Waals surface area (Å²) in [6.45, 7) is 7.37. The Hall–Kier alpha value is -0.120. The van der Waals surface area contributed by atoms with E-state index in [9.17, 15) is 0 Å². The lowest BCUT2D eigenvalue weighted by atomic mass is 10.0. The molecule has 0 bridgehead atoms. The third kappa shape index (κ3) is 2.47. The van der Waals surface area contributed by atoms with Gasteiger partial charge in [0.1, 0.15) is 0 Å². The highest BCUT2D eigenvalue weighted by molar-refractivity contribution is 4.96. The second-order valence-corrected chi connectivity index (χ2v) is 4.96. The molecule has 0 aromatic rings. The summed E-state index contributed by atoms with van der Waals surface area (Å²) in [4.78, 5) is 2.55. The van der Waals surface area contributed by atoms with Crippen molar-refractivity contribution >= 4 is 0 Å². The molecule has 0 radical (unpaired) electrons. The van der Waals surface area contributed by atoms with Gasteiger partial charge in [0.05, 0.1) is 12.7 Å². The quantitative estimate of drug-likeness (QED) is 0.727. The molecule has 1 saturated carbocycles. The van der Waals surface area contributed by atoms with E-state index in [1.54, 1.807) is 0 Å². The predicted octanol–water partition coefficient (Wildman–Crippen LogP) is 0.836. The van der Waals surface area contributed by atoms with Gasteiger partial charge < -0.3 is 10.5 Å². The van der Waals surface area contributed by atoms with Crippen molar-refractivity contribution in [3.05, 3.63) is 0 Å². The summed E-state index contributed by atoms with van der Waals surface area (Å²) in [6, 6.07) is 0. The molecule has 1 atom stereocenters. The fraction of sp³-hybridized carbons (Fsp3) is 1.00. The molecular formula is C11H22N2O. The number of rotatable bonds is 4. The van der Waals surface area contributed by atoms with E-state index in [1.807, 2.05) is 0 Å². The van der Waals surface area contributed by atoms with Gasteiger partial charge in [-0.1, -0.05) is 0 Å². The van der Waals surface area contributed by atoms with Crippen molar-refractivity contribution in [3.63, 3.8) is 0 Å². The van der Waals surface area contributed by atoms with Crippen molar-refractivity contribution in [2.75, 3.05) is 32.8 Å². The van der Waals surface area contributed by atoms with E-state index in [4.69, 9.17) is 10.5 Å². The van der Waals surface area contributed by atoms with Gasteiger partial charge in [-0.25, -0.2) is 0 Å². The maximum Gasteiger partial charge on any atom is 0.0674 e. The summed E-state index contributed by atoms with van der Waals surface area (Å²) in [5.41, 5.74) is 6.23. The lowest BCUT2D eigenvalue weighted by molar-refractivity contribution is -0.0249. The zero-order valence-electron chi connectivity index (χ0n) is 9.17. The molecule has 1 heterocycles. The highest BCUT2D eigenvalue weighted by Crippen LogP contribution is 2.49. The first kappa shape index (κ1) is 10.4. The Balaban J connectivity index is 1.79. The molecule has 0 spiro atoms. The Morgan fingerprint density at radius 2 is 2.29 bits per heavy atom.